The van der Waals surface area contributed by atoms with Gasteiger partial charge in [-0.05, 0) is 48.9 Å². The molecule has 0 aliphatic rings. The van der Waals surface area contributed by atoms with Gasteiger partial charge in [-0.3, -0.25) is 0 Å². The van der Waals surface area contributed by atoms with E-state index in [9.17, 15) is 0 Å². The molecule has 0 heterocycles. The van der Waals surface area contributed by atoms with Crippen LogP contribution in [0, 0.1) is 0 Å². The van der Waals surface area contributed by atoms with Crippen molar-refractivity contribution in [1.29, 1.82) is 0 Å². The van der Waals surface area contributed by atoms with E-state index < -0.39 is 0 Å². The number of methoxy groups -OCH3 is 3. The first-order valence-corrected chi connectivity index (χ1v) is 10.9. The summed E-state index contributed by atoms with van der Waals surface area (Å²) in [5, 5.41) is 3.50. The molecule has 2 rings (SSSR count). The second-order valence-electron chi connectivity index (χ2n) is 6.62. The number of benzene rings is 2. The molecule has 0 amide bonds. The van der Waals surface area contributed by atoms with Gasteiger partial charge in [-0.1, -0.05) is 38.0 Å². The zero-order chi connectivity index (χ0) is 20.2. The van der Waals surface area contributed by atoms with Gasteiger partial charge in [0, 0.05) is 12.1 Å². The molecule has 0 radical (unpaired) electrons. The molecule has 2 aromatic rings. The smallest absolute Gasteiger partial charge is 0.136 e. The average molecular weight is 404 g/mol. The van der Waals surface area contributed by atoms with Crippen LogP contribution >= 0.6 is 11.8 Å². The molecule has 0 spiro atoms. The summed E-state index contributed by atoms with van der Waals surface area (Å²) in [5.41, 5.74) is 2.37. The highest BCUT2D eigenvalue weighted by atomic mass is 32.2. The van der Waals surface area contributed by atoms with Crippen molar-refractivity contribution < 1.29 is 14.2 Å². The van der Waals surface area contributed by atoms with Gasteiger partial charge in [-0.2, -0.15) is 0 Å². The maximum absolute atomic E-state index is 5.65. The van der Waals surface area contributed by atoms with Crippen molar-refractivity contribution in [2.45, 2.75) is 44.0 Å². The number of thioether (sulfide) groups is 1. The first-order chi connectivity index (χ1) is 13.7. The number of nitrogens with one attached hydrogen (secondary N) is 1. The quantitative estimate of drug-likeness (QED) is 0.362. The highest BCUT2D eigenvalue weighted by molar-refractivity contribution is 7.99. The van der Waals surface area contributed by atoms with Crippen LogP contribution in [0.4, 0.5) is 0 Å². The molecule has 28 heavy (non-hydrogen) atoms. The van der Waals surface area contributed by atoms with Gasteiger partial charge in [0.1, 0.15) is 17.2 Å². The van der Waals surface area contributed by atoms with Gasteiger partial charge in [-0.25, -0.2) is 0 Å². The Balaban J connectivity index is 1.95. The van der Waals surface area contributed by atoms with Crippen molar-refractivity contribution in [3.05, 3.63) is 47.5 Å². The van der Waals surface area contributed by atoms with Gasteiger partial charge in [0.2, 0.25) is 0 Å². The highest BCUT2D eigenvalue weighted by Gasteiger charge is 2.13. The molecular formula is C23H33NO3S. The molecule has 0 aliphatic heterocycles. The van der Waals surface area contributed by atoms with E-state index in [-0.39, 0.29) is 0 Å². The van der Waals surface area contributed by atoms with Crippen LogP contribution < -0.4 is 19.5 Å². The fourth-order valence-electron chi connectivity index (χ4n) is 3.05. The van der Waals surface area contributed by atoms with Gasteiger partial charge < -0.3 is 19.5 Å². The predicted molar refractivity (Wildman–Crippen MR) is 118 cm³/mol. The van der Waals surface area contributed by atoms with Crippen LogP contribution in [0.5, 0.6) is 17.2 Å². The van der Waals surface area contributed by atoms with Crippen molar-refractivity contribution in [3.63, 3.8) is 0 Å². The molecule has 0 atom stereocenters. The Labute approximate surface area is 174 Å². The summed E-state index contributed by atoms with van der Waals surface area (Å²) in [6.07, 6.45) is 4.61. The van der Waals surface area contributed by atoms with Crippen LogP contribution in [0.25, 0.3) is 0 Å². The van der Waals surface area contributed by atoms with Crippen molar-refractivity contribution in [2.75, 3.05) is 33.6 Å². The summed E-state index contributed by atoms with van der Waals surface area (Å²) >= 11 is 1.82. The second-order valence-corrected chi connectivity index (χ2v) is 7.73. The van der Waals surface area contributed by atoms with E-state index in [4.69, 9.17) is 14.2 Å². The van der Waals surface area contributed by atoms with E-state index in [1.54, 1.807) is 21.3 Å². The van der Waals surface area contributed by atoms with Gasteiger partial charge in [0.05, 0.1) is 26.2 Å². The van der Waals surface area contributed by atoms with Gasteiger partial charge >= 0.3 is 0 Å². The molecule has 0 saturated carbocycles. The zero-order valence-corrected chi connectivity index (χ0v) is 18.4. The molecule has 4 nitrogen and oxygen atoms in total. The lowest BCUT2D eigenvalue weighted by Crippen LogP contribution is -2.17. The van der Waals surface area contributed by atoms with E-state index in [0.717, 1.165) is 47.4 Å². The van der Waals surface area contributed by atoms with E-state index >= 15 is 0 Å². The van der Waals surface area contributed by atoms with Gasteiger partial charge in [0.15, 0.2) is 0 Å². The standard InChI is InChI=1S/C23H33NO3S/c1-5-6-9-14-28-23-21(26-3)15-18(16-22(23)27-4)12-13-24-17-19-10-7-8-11-20(19)25-2/h7-8,10-11,15-16,24H,5-6,9,12-14,17H2,1-4H3. The van der Waals surface area contributed by atoms with Crippen LogP contribution in [0.2, 0.25) is 0 Å². The molecule has 2 aromatic carbocycles. The normalized spacial score (nSPS) is 10.7. The van der Waals surface area contributed by atoms with Crippen molar-refractivity contribution in [1.82, 2.24) is 5.32 Å². The summed E-state index contributed by atoms with van der Waals surface area (Å²) in [6, 6.07) is 12.4. The average Bonchev–Trinajstić information content (AvgIpc) is 2.74. The summed E-state index contributed by atoms with van der Waals surface area (Å²) in [5.74, 6) is 3.81. The Morgan fingerprint density at radius 2 is 1.57 bits per heavy atom. The summed E-state index contributed by atoms with van der Waals surface area (Å²) in [6.45, 7) is 3.87. The largest absolute Gasteiger partial charge is 0.496 e. The molecule has 154 valence electrons. The molecule has 0 bridgehead atoms. The molecule has 0 saturated heterocycles. The topological polar surface area (TPSA) is 39.7 Å². The number of hydrogen-bond acceptors (Lipinski definition) is 5. The summed E-state index contributed by atoms with van der Waals surface area (Å²) < 4.78 is 16.7. The minimum Gasteiger partial charge on any atom is -0.496 e. The molecule has 0 aliphatic carbocycles. The number of ether oxygens (including phenoxy) is 3. The minimum absolute atomic E-state index is 0.781. The molecule has 0 aromatic heterocycles. The summed E-state index contributed by atoms with van der Waals surface area (Å²) in [4.78, 5) is 1.10. The van der Waals surface area contributed by atoms with Crippen LogP contribution in [0.15, 0.2) is 41.3 Å². The van der Waals surface area contributed by atoms with Crippen LogP contribution in [-0.4, -0.2) is 33.6 Å². The Morgan fingerprint density at radius 1 is 0.893 bits per heavy atom. The molecule has 0 fully saturated rings. The van der Waals surface area contributed by atoms with Crippen LogP contribution in [0.3, 0.4) is 0 Å². The van der Waals surface area contributed by atoms with Gasteiger partial charge in [-0.15, -0.1) is 11.8 Å². The molecule has 5 heteroatoms. The van der Waals surface area contributed by atoms with E-state index in [1.807, 2.05) is 30.0 Å². The minimum atomic E-state index is 0.781. The number of hydrogen-bond donors (Lipinski definition) is 1. The lowest BCUT2D eigenvalue weighted by Gasteiger charge is -2.15. The molecule has 0 unspecified atom stereocenters. The van der Waals surface area contributed by atoms with Gasteiger partial charge in [0.25, 0.3) is 0 Å². The predicted octanol–water partition coefficient (Wildman–Crippen LogP) is 5.33. The Kier molecular flexibility index (Phi) is 10.1. The maximum Gasteiger partial charge on any atom is 0.136 e. The lowest BCUT2D eigenvalue weighted by atomic mass is 10.1. The fraction of sp³-hybridized carbons (Fsp3) is 0.478. The SMILES string of the molecule is CCCCCSc1c(OC)cc(CCNCc2ccccc2OC)cc1OC. The Hall–Kier alpha value is -1.85. The number of unbranched alkanes of at least 4 members (excludes halogenated alkanes) is 2. The number of rotatable bonds is 13. The lowest BCUT2D eigenvalue weighted by molar-refractivity contribution is 0.375. The van der Waals surface area contributed by atoms with E-state index in [1.165, 1.54) is 30.4 Å². The first-order valence-electron chi connectivity index (χ1n) is 9.93. The Bertz CT molecular complexity index is 696. The first kappa shape index (κ1) is 22.4. The molecule has 1 N–H and O–H groups in total. The third-order valence-corrected chi connectivity index (χ3v) is 5.80. The second kappa shape index (κ2) is 12.6. The third-order valence-electron chi connectivity index (χ3n) is 4.61. The van der Waals surface area contributed by atoms with Crippen molar-refractivity contribution in [3.8, 4) is 17.2 Å². The monoisotopic (exact) mass is 403 g/mol. The van der Waals surface area contributed by atoms with E-state index in [0.29, 0.717) is 0 Å². The van der Waals surface area contributed by atoms with Crippen molar-refractivity contribution in [2.24, 2.45) is 0 Å². The van der Waals surface area contributed by atoms with Crippen LogP contribution in [-0.2, 0) is 13.0 Å². The summed E-state index contributed by atoms with van der Waals surface area (Å²) in [7, 11) is 5.17. The third kappa shape index (κ3) is 6.64. The van der Waals surface area contributed by atoms with Crippen LogP contribution in [0.1, 0.15) is 37.3 Å². The Morgan fingerprint density at radius 3 is 2.21 bits per heavy atom. The molecular weight excluding hydrogens is 370 g/mol. The van der Waals surface area contributed by atoms with E-state index in [2.05, 4.69) is 30.4 Å². The van der Waals surface area contributed by atoms with Crippen molar-refractivity contribution >= 4 is 11.8 Å². The fourth-order valence-corrected chi connectivity index (χ4v) is 4.17. The zero-order valence-electron chi connectivity index (χ0n) is 17.5. The number of para-hydroxylation sites is 1. The maximum atomic E-state index is 5.65. The highest BCUT2D eigenvalue weighted by Crippen LogP contribution is 2.39.